The van der Waals surface area contributed by atoms with Crippen molar-refractivity contribution in [1.82, 2.24) is 15.0 Å². The van der Waals surface area contributed by atoms with Crippen molar-refractivity contribution >= 4 is 5.91 Å². The predicted molar refractivity (Wildman–Crippen MR) is 38.1 cm³/mol. The average molecular weight is 206 g/mol. The van der Waals surface area contributed by atoms with Crippen LogP contribution in [0.2, 0.25) is 0 Å². The predicted octanol–water partition coefficient (Wildman–Crippen LogP) is 0.0753. The summed E-state index contributed by atoms with van der Waals surface area (Å²) in [5.74, 6) is -1.99. The minimum atomic E-state index is -4.42. The molecule has 0 spiro atoms. The number of carbonyl (C=O) groups is 1. The molecule has 1 rings (SSSR count). The third-order valence-electron chi connectivity index (χ3n) is 1.20. The maximum atomic E-state index is 11.9. The molecule has 0 bridgehead atoms. The number of nitrogens with zero attached hydrogens (tertiary/aromatic N) is 3. The van der Waals surface area contributed by atoms with Crippen molar-refractivity contribution in [3.8, 4) is 0 Å². The van der Waals surface area contributed by atoms with Gasteiger partial charge in [0.05, 0.1) is 0 Å². The molecule has 0 radical (unpaired) electrons. The molecule has 2 N–H and O–H groups in total. The molecule has 0 saturated carbocycles. The summed E-state index contributed by atoms with van der Waals surface area (Å²) in [4.78, 5) is 20.3. The van der Waals surface area contributed by atoms with Gasteiger partial charge in [0.1, 0.15) is 18.6 Å². The van der Waals surface area contributed by atoms with E-state index in [0.717, 1.165) is 6.33 Å². The van der Waals surface area contributed by atoms with Crippen molar-refractivity contribution in [3.05, 3.63) is 18.0 Å². The fourth-order valence-corrected chi connectivity index (χ4v) is 0.713. The maximum absolute atomic E-state index is 11.9. The summed E-state index contributed by atoms with van der Waals surface area (Å²) in [7, 11) is 0. The Labute approximate surface area is 76.2 Å². The second-order valence-electron chi connectivity index (χ2n) is 2.38. The van der Waals surface area contributed by atoms with Gasteiger partial charge in [0, 0.05) is 0 Å². The van der Waals surface area contributed by atoms with Crippen molar-refractivity contribution < 1.29 is 18.0 Å². The van der Waals surface area contributed by atoms with Crippen molar-refractivity contribution in [2.24, 2.45) is 5.73 Å². The zero-order valence-electron chi connectivity index (χ0n) is 6.75. The Hall–Kier alpha value is -1.73. The highest BCUT2D eigenvalue weighted by atomic mass is 19.4. The summed E-state index contributed by atoms with van der Waals surface area (Å²) in [6.07, 6.45) is -4.92. The molecule has 0 aliphatic carbocycles. The van der Waals surface area contributed by atoms with E-state index >= 15 is 0 Å². The van der Waals surface area contributed by atoms with Gasteiger partial charge in [-0.25, -0.2) is 15.0 Å². The van der Waals surface area contributed by atoms with Gasteiger partial charge in [-0.3, -0.25) is 4.79 Å². The zero-order valence-corrected chi connectivity index (χ0v) is 6.75. The standard InChI is InChI=1S/C6H5F3N4O/c7-6(8,9)1-3-11-2-12-5(13-3)4(10)14/h2H,1H2,(H2,10,14). The molecule has 1 heterocycles. The van der Waals surface area contributed by atoms with Crippen LogP contribution in [0.25, 0.3) is 0 Å². The lowest BCUT2D eigenvalue weighted by atomic mass is 10.4. The van der Waals surface area contributed by atoms with Crippen molar-refractivity contribution in [1.29, 1.82) is 0 Å². The van der Waals surface area contributed by atoms with E-state index in [9.17, 15) is 18.0 Å². The summed E-state index contributed by atoms with van der Waals surface area (Å²) >= 11 is 0. The zero-order chi connectivity index (χ0) is 10.8. The van der Waals surface area contributed by atoms with Gasteiger partial charge in [0.15, 0.2) is 0 Å². The van der Waals surface area contributed by atoms with Crippen LogP contribution in [-0.2, 0) is 6.42 Å². The lowest BCUT2D eigenvalue weighted by molar-refractivity contribution is -0.128. The second-order valence-corrected chi connectivity index (χ2v) is 2.38. The van der Waals surface area contributed by atoms with E-state index in [1.54, 1.807) is 0 Å². The fraction of sp³-hybridized carbons (Fsp3) is 0.333. The molecule has 0 unspecified atom stereocenters. The van der Waals surface area contributed by atoms with E-state index in [1.807, 2.05) is 0 Å². The molecule has 8 heteroatoms. The van der Waals surface area contributed by atoms with Crippen LogP contribution >= 0.6 is 0 Å². The molecule has 0 aliphatic heterocycles. The second kappa shape index (κ2) is 3.56. The molecule has 0 aliphatic rings. The normalized spacial score (nSPS) is 11.4. The van der Waals surface area contributed by atoms with Gasteiger partial charge in [0.2, 0.25) is 5.82 Å². The third kappa shape index (κ3) is 2.96. The number of alkyl halides is 3. The van der Waals surface area contributed by atoms with Crippen molar-refractivity contribution in [2.45, 2.75) is 12.6 Å². The molecule has 76 valence electrons. The first-order valence-corrected chi connectivity index (χ1v) is 3.43. The smallest absolute Gasteiger partial charge is 0.363 e. The van der Waals surface area contributed by atoms with Crippen molar-refractivity contribution in [3.63, 3.8) is 0 Å². The van der Waals surface area contributed by atoms with Crippen LogP contribution in [0.5, 0.6) is 0 Å². The maximum Gasteiger partial charge on any atom is 0.396 e. The van der Waals surface area contributed by atoms with Gasteiger partial charge >= 0.3 is 6.18 Å². The van der Waals surface area contributed by atoms with Gasteiger partial charge in [-0.15, -0.1) is 0 Å². The number of hydrogen-bond donors (Lipinski definition) is 1. The van der Waals surface area contributed by atoms with Crippen LogP contribution in [-0.4, -0.2) is 27.0 Å². The Morgan fingerprint density at radius 2 is 2.07 bits per heavy atom. The summed E-state index contributed by atoms with van der Waals surface area (Å²) in [6.45, 7) is 0. The van der Waals surface area contributed by atoms with E-state index in [4.69, 9.17) is 5.73 Å². The minimum absolute atomic E-state index is 0.473. The topological polar surface area (TPSA) is 81.8 Å². The molecule has 0 aromatic carbocycles. The summed E-state index contributed by atoms with van der Waals surface area (Å²) in [5, 5.41) is 0. The van der Waals surface area contributed by atoms with Crippen LogP contribution in [0.4, 0.5) is 13.2 Å². The number of aromatic nitrogens is 3. The Morgan fingerprint density at radius 3 is 2.57 bits per heavy atom. The third-order valence-corrected chi connectivity index (χ3v) is 1.20. The van der Waals surface area contributed by atoms with E-state index in [2.05, 4.69) is 15.0 Å². The number of hydrogen-bond acceptors (Lipinski definition) is 4. The summed E-state index contributed by atoms with van der Waals surface area (Å²) < 4.78 is 35.6. The quantitative estimate of drug-likeness (QED) is 0.742. The monoisotopic (exact) mass is 206 g/mol. The molecular weight excluding hydrogens is 201 g/mol. The highest BCUT2D eigenvalue weighted by molar-refractivity contribution is 5.88. The molecule has 1 aromatic heterocycles. The number of amides is 1. The lowest BCUT2D eigenvalue weighted by Gasteiger charge is -2.04. The number of rotatable bonds is 2. The molecule has 14 heavy (non-hydrogen) atoms. The first kappa shape index (κ1) is 10.4. The Balaban J connectivity index is 2.89. The van der Waals surface area contributed by atoms with Gasteiger partial charge in [-0.1, -0.05) is 0 Å². The van der Waals surface area contributed by atoms with E-state index in [-0.39, 0.29) is 0 Å². The average Bonchev–Trinajstić information content (AvgIpc) is 2.01. The minimum Gasteiger partial charge on any atom is -0.363 e. The van der Waals surface area contributed by atoms with Crippen LogP contribution in [0, 0.1) is 0 Å². The van der Waals surface area contributed by atoms with E-state index < -0.39 is 30.2 Å². The number of carbonyl (C=O) groups excluding carboxylic acids is 1. The molecule has 0 saturated heterocycles. The van der Waals surface area contributed by atoms with Crippen LogP contribution in [0.3, 0.4) is 0 Å². The van der Waals surface area contributed by atoms with Crippen LogP contribution < -0.4 is 5.73 Å². The van der Waals surface area contributed by atoms with Gasteiger partial charge in [0.25, 0.3) is 5.91 Å². The highest BCUT2D eigenvalue weighted by Gasteiger charge is 2.29. The fourth-order valence-electron chi connectivity index (χ4n) is 0.713. The Bertz CT molecular complexity index is 351. The lowest BCUT2D eigenvalue weighted by Crippen LogP contribution is -2.20. The Morgan fingerprint density at radius 1 is 1.43 bits per heavy atom. The molecule has 1 amide bonds. The molecular formula is C6H5F3N4O. The van der Waals surface area contributed by atoms with Gasteiger partial charge < -0.3 is 5.73 Å². The van der Waals surface area contributed by atoms with Crippen molar-refractivity contribution in [2.75, 3.05) is 0 Å². The Kier molecular flexibility index (Phi) is 2.63. The first-order valence-electron chi connectivity index (χ1n) is 3.43. The van der Waals surface area contributed by atoms with Gasteiger partial charge in [-0.2, -0.15) is 13.2 Å². The van der Waals surface area contributed by atoms with Gasteiger partial charge in [-0.05, 0) is 0 Å². The highest BCUT2D eigenvalue weighted by Crippen LogP contribution is 2.18. The summed E-state index contributed by atoms with van der Waals surface area (Å²) in [6, 6.07) is 0. The molecule has 5 nitrogen and oxygen atoms in total. The SMILES string of the molecule is NC(=O)c1ncnc(CC(F)(F)F)n1. The van der Waals surface area contributed by atoms with E-state index in [0.29, 0.717) is 0 Å². The number of nitrogens with two attached hydrogens (primary N) is 1. The number of primary amides is 1. The first-order chi connectivity index (χ1) is 6.38. The number of halogens is 3. The van der Waals surface area contributed by atoms with Crippen LogP contribution in [0.15, 0.2) is 6.33 Å². The van der Waals surface area contributed by atoms with Crippen LogP contribution in [0.1, 0.15) is 16.4 Å². The van der Waals surface area contributed by atoms with E-state index in [1.165, 1.54) is 0 Å². The summed E-state index contributed by atoms with van der Waals surface area (Å²) in [5.41, 5.74) is 4.77. The molecule has 0 fully saturated rings. The molecule has 1 aromatic rings. The molecule has 0 atom stereocenters. The largest absolute Gasteiger partial charge is 0.396 e.